The summed E-state index contributed by atoms with van der Waals surface area (Å²) in [5, 5.41) is 0. The Morgan fingerprint density at radius 1 is 0.727 bits per heavy atom. The van der Waals surface area contributed by atoms with E-state index in [1.807, 2.05) is 19.9 Å². The van der Waals surface area contributed by atoms with Gasteiger partial charge in [0, 0.05) is 56.0 Å². The number of piperazine rings is 1. The van der Waals surface area contributed by atoms with Crippen molar-refractivity contribution in [3.8, 4) is 5.95 Å². The van der Waals surface area contributed by atoms with Crippen LogP contribution < -0.4 is 0 Å². The van der Waals surface area contributed by atoms with Crippen LogP contribution >= 0.6 is 0 Å². The van der Waals surface area contributed by atoms with E-state index >= 15 is 0 Å². The highest BCUT2D eigenvalue weighted by Crippen LogP contribution is 2.29. The van der Waals surface area contributed by atoms with E-state index in [0.29, 0.717) is 6.04 Å². The Bertz CT molecular complexity index is 1120. The van der Waals surface area contributed by atoms with Crippen LogP contribution in [-0.2, 0) is 6.54 Å². The molecule has 5 heteroatoms. The first kappa shape index (κ1) is 21.6. The Balaban J connectivity index is 1.30. The maximum Gasteiger partial charge on any atom is 0.234 e. The molecule has 5 rings (SSSR count). The fourth-order valence-corrected chi connectivity index (χ4v) is 4.85. The molecule has 33 heavy (non-hydrogen) atoms. The van der Waals surface area contributed by atoms with Gasteiger partial charge in [0.1, 0.15) is 0 Å². The molecule has 5 nitrogen and oxygen atoms in total. The molecule has 2 aromatic carbocycles. The molecule has 0 aliphatic carbocycles. The van der Waals surface area contributed by atoms with Crippen molar-refractivity contribution >= 4 is 0 Å². The lowest BCUT2D eigenvalue weighted by Crippen LogP contribution is -2.47. The van der Waals surface area contributed by atoms with Gasteiger partial charge in [0.2, 0.25) is 5.95 Å². The Kier molecular flexibility index (Phi) is 6.33. The zero-order valence-corrected chi connectivity index (χ0v) is 19.4. The minimum atomic E-state index is 0.294. The molecule has 1 aliphatic heterocycles. The second-order valence-electron chi connectivity index (χ2n) is 8.86. The van der Waals surface area contributed by atoms with Gasteiger partial charge in [-0.05, 0) is 43.2 Å². The molecule has 0 radical (unpaired) electrons. The van der Waals surface area contributed by atoms with E-state index in [2.05, 4.69) is 103 Å². The summed E-state index contributed by atoms with van der Waals surface area (Å²) in [5.41, 5.74) is 5.95. The molecule has 0 amide bonds. The lowest BCUT2D eigenvalue weighted by atomic mass is 9.96. The molecule has 168 valence electrons. The average Bonchev–Trinajstić information content (AvgIpc) is 3.29. The van der Waals surface area contributed by atoms with Gasteiger partial charge in [0.25, 0.3) is 0 Å². The summed E-state index contributed by atoms with van der Waals surface area (Å²) >= 11 is 0. The van der Waals surface area contributed by atoms with Crippen LogP contribution in [0.3, 0.4) is 0 Å². The summed E-state index contributed by atoms with van der Waals surface area (Å²) in [7, 11) is 0. The van der Waals surface area contributed by atoms with Crippen LogP contribution in [0.4, 0.5) is 0 Å². The second kappa shape index (κ2) is 9.69. The molecule has 0 saturated carbocycles. The van der Waals surface area contributed by atoms with Gasteiger partial charge >= 0.3 is 0 Å². The maximum atomic E-state index is 4.66. The Hall–Kier alpha value is -3.28. The summed E-state index contributed by atoms with van der Waals surface area (Å²) in [6.45, 7) is 9.10. The second-order valence-corrected chi connectivity index (χ2v) is 8.86. The maximum absolute atomic E-state index is 4.66. The average molecular weight is 438 g/mol. The highest BCUT2D eigenvalue weighted by atomic mass is 15.3. The minimum Gasteiger partial charge on any atom is -0.295 e. The van der Waals surface area contributed by atoms with E-state index in [-0.39, 0.29) is 0 Å². The van der Waals surface area contributed by atoms with Gasteiger partial charge in [0.05, 0.1) is 6.04 Å². The van der Waals surface area contributed by atoms with Crippen molar-refractivity contribution in [2.75, 3.05) is 26.2 Å². The summed E-state index contributed by atoms with van der Waals surface area (Å²) < 4.78 is 2.13. The number of aryl methyl sites for hydroxylation is 2. The predicted molar refractivity (Wildman–Crippen MR) is 132 cm³/mol. The van der Waals surface area contributed by atoms with Gasteiger partial charge in [0.15, 0.2) is 0 Å². The van der Waals surface area contributed by atoms with E-state index in [0.717, 1.165) is 50.1 Å². The molecule has 1 saturated heterocycles. The summed E-state index contributed by atoms with van der Waals surface area (Å²) in [5.74, 6) is 0.763. The minimum absolute atomic E-state index is 0.294. The third-order valence-electron chi connectivity index (χ3n) is 6.41. The number of hydrogen-bond acceptors (Lipinski definition) is 4. The largest absolute Gasteiger partial charge is 0.295 e. The van der Waals surface area contributed by atoms with Gasteiger partial charge in [-0.3, -0.25) is 14.4 Å². The Labute approximate surface area is 196 Å². The summed E-state index contributed by atoms with van der Waals surface area (Å²) in [4.78, 5) is 14.5. The predicted octanol–water partition coefficient (Wildman–Crippen LogP) is 4.79. The van der Waals surface area contributed by atoms with Crippen LogP contribution in [0.2, 0.25) is 0 Å². The first-order chi connectivity index (χ1) is 16.2. The van der Waals surface area contributed by atoms with Crippen LogP contribution in [0.5, 0.6) is 0 Å². The Morgan fingerprint density at radius 3 is 1.88 bits per heavy atom. The number of rotatable bonds is 6. The lowest BCUT2D eigenvalue weighted by molar-refractivity contribution is 0.103. The standard InChI is InChI=1S/C28H31N5/c1-22-20-23(2)30-28(29-22)33-15-9-14-26(33)21-31-16-18-32(19-17-31)27(24-10-5-3-6-11-24)25-12-7-4-8-13-25/h3-15,20,27H,16-19,21H2,1-2H3. The molecule has 3 heterocycles. The molecule has 4 aromatic rings. The normalized spacial score (nSPS) is 15.2. The van der Waals surface area contributed by atoms with Crippen LogP contribution in [0.1, 0.15) is 34.3 Å². The summed E-state index contributed by atoms with van der Waals surface area (Å²) in [6, 6.07) is 28.4. The van der Waals surface area contributed by atoms with Crippen molar-refractivity contribution < 1.29 is 0 Å². The quantitative estimate of drug-likeness (QED) is 0.435. The monoisotopic (exact) mass is 437 g/mol. The number of benzene rings is 2. The summed E-state index contributed by atoms with van der Waals surface area (Å²) in [6.07, 6.45) is 2.07. The SMILES string of the molecule is Cc1cc(C)nc(-n2cccc2CN2CCN(C(c3ccccc3)c3ccccc3)CC2)n1. The fraction of sp³-hybridized carbons (Fsp3) is 0.286. The lowest BCUT2D eigenvalue weighted by Gasteiger charge is -2.39. The van der Waals surface area contributed by atoms with E-state index in [1.54, 1.807) is 0 Å². The molecule has 0 unspecified atom stereocenters. The fourth-order valence-electron chi connectivity index (χ4n) is 4.85. The van der Waals surface area contributed by atoms with Crippen LogP contribution in [0, 0.1) is 13.8 Å². The van der Waals surface area contributed by atoms with Gasteiger partial charge in [-0.2, -0.15) is 0 Å². The van der Waals surface area contributed by atoms with E-state index in [9.17, 15) is 0 Å². The van der Waals surface area contributed by atoms with Gasteiger partial charge in [-0.15, -0.1) is 0 Å². The van der Waals surface area contributed by atoms with Crippen molar-refractivity contribution in [1.82, 2.24) is 24.3 Å². The van der Waals surface area contributed by atoms with Crippen LogP contribution in [-0.4, -0.2) is 50.5 Å². The van der Waals surface area contributed by atoms with Crippen molar-refractivity contribution in [3.05, 3.63) is 113 Å². The van der Waals surface area contributed by atoms with Crippen LogP contribution in [0.15, 0.2) is 85.1 Å². The van der Waals surface area contributed by atoms with E-state index < -0.39 is 0 Å². The highest BCUT2D eigenvalue weighted by molar-refractivity contribution is 5.32. The van der Waals surface area contributed by atoms with Gasteiger partial charge < -0.3 is 0 Å². The van der Waals surface area contributed by atoms with Crippen molar-refractivity contribution in [2.45, 2.75) is 26.4 Å². The van der Waals surface area contributed by atoms with Crippen molar-refractivity contribution in [2.24, 2.45) is 0 Å². The van der Waals surface area contributed by atoms with Gasteiger partial charge in [-0.25, -0.2) is 9.97 Å². The molecule has 1 aliphatic rings. The van der Waals surface area contributed by atoms with Crippen LogP contribution in [0.25, 0.3) is 5.95 Å². The number of aromatic nitrogens is 3. The molecule has 1 fully saturated rings. The first-order valence-corrected chi connectivity index (χ1v) is 11.7. The molecule has 0 N–H and O–H groups in total. The number of nitrogens with zero attached hydrogens (tertiary/aromatic N) is 5. The Morgan fingerprint density at radius 2 is 1.30 bits per heavy atom. The number of hydrogen-bond donors (Lipinski definition) is 0. The molecule has 0 atom stereocenters. The van der Waals surface area contributed by atoms with Gasteiger partial charge in [-0.1, -0.05) is 60.7 Å². The first-order valence-electron chi connectivity index (χ1n) is 11.7. The third kappa shape index (κ3) is 4.90. The topological polar surface area (TPSA) is 37.2 Å². The highest BCUT2D eigenvalue weighted by Gasteiger charge is 2.26. The zero-order chi connectivity index (χ0) is 22.6. The van der Waals surface area contributed by atoms with Crippen molar-refractivity contribution in [1.29, 1.82) is 0 Å². The smallest absolute Gasteiger partial charge is 0.234 e. The molecule has 0 bridgehead atoms. The zero-order valence-electron chi connectivity index (χ0n) is 19.4. The van der Waals surface area contributed by atoms with E-state index in [4.69, 9.17) is 0 Å². The molecule has 2 aromatic heterocycles. The third-order valence-corrected chi connectivity index (χ3v) is 6.41. The molecule has 0 spiro atoms. The molecular weight excluding hydrogens is 406 g/mol. The van der Waals surface area contributed by atoms with E-state index in [1.165, 1.54) is 16.8 Å². The molecular formula is C28H31N5. The van der Waals surface area contributed by atoms with Crippen molar-refractivity contribution in [3.63, 3.8) is 0 Å².